The summed E-state index contributed by atoms with van der Waals surface area (Å²) in [5.41, 5.74) is 0. The summed E-state index contributed by atoms with van der Waals surface area (Å²) in [7, 11) is -2.90. The minimum absolute atomic E-state index is 0. The molecule has 11 heavy (non-hydrogen) atoms. The molecule has 0 unspecified atom stereocenters. The topological polar surface area (TPSA) is 91.2 Å². The van der Waals surface area contributed by atoms with Crippen molar-refractivity contribution in [3.8, 4) is 5.95 Å². The van der Waals surface area contributed by atoms with Crippen LogP contribution in [0.1, 0.15) is 0 Å². The normalized spacial score (nSPS) is 7.27. The standard InChI is InChI=1S/C4H4O4Si.Ca.H2O.2H/c5-9(6)8-4-2-1-3-7-4;;;;/h1-3,5H;;1H2;;. The second-order valence-electron chi connectivity index (χ2n) is 1.30. The Morgan fingerprint density at radius 3 is 2.64 bits per heavy atom. The van der Waals surface area contributed by atoms with E-state index < -0.39 is 9.17 Å². The van der Waals surface area contributed by atoms with Crippen molar-refractivity contribution in [1.29, 1.82) is 0 Å². The van der Waals surface area contributed by atoms with Crippen LogP contribution in [0.5, 0.6) is 5.95 Å². The molecule has 0 radical (unpaired) electrons. The molecule has 1 aromatic heterocycles. The molecule has 3 N–H and O–H groups in total. The summed E-state index contributed by atoms with van der Waals surface area (Å²) in [5, 5.41) is 0. The van der Waals surface area contributed by atoms with E-state index in [0.29, 0.717) is 0 Å². The second kappa shape index (κ2) is 6.80. The van der Waals surface area contributed by atoms with Crippen LogP contribution in [0.15, 0.2) is 22.8 Å². The fraction of sp³-hybridized carbons (Fsp3) is 0. The molecular formula is C4H8CaO5Si. The summed E-state index contributed by atoms with van der Waals surface area (Å²) in [6.07, 6.45) is 1.36. The molecule has 0 aliphatic rings. The number of hydrogen-bond acceptors (Lipinski definition) is 3. The molecule has 1 aromatic rings. The molecule has 0 aliphatic heterocycles. The Morgan fingerprint density at radius 1 is 1.64 bits per heavy atom. The molecule has 7 heteroatoms. The van der Waals surface area contributed by atoms with Crippen LogP contribution in [0.25, 0.3) is 0 Å². The van der Waals surface area contributed by atoms with E-state index in [1.54, 1.807) is 6.07 Å². The average molecular weight is 204 g/mol. The van der Waals surface area contributed by atoms with Gasteiger partial charge in [0.15, 0.2) is 0 Å². The van der Waals surface area contributed by atoms with Crippen molar-refractivity contribution >= 4 is 46.9 Å². The van der Waals surface area contributed by atoms with Crippen molar-refractivity contribution in [2.24, 2.45) is 0 Å². The average Bonchev–Trinajstić information content (AvgIpc) is 2.15. The molecule has 0 spiro atoms. The molecule has 0 aromatic carbocycles. The van der Waals surface area contributed by atoms with E-state index in [9.17, 15) is 4.46 Å². The first-order valence-corrected chi connectivity index (χ1v) is 3.49. The van der Waals surface area contributed by atoms with Gasteiger partial charge in [-0.3, -0.25) is 4.46 Å². The summed E-state index contributed by atoms with van der Waals surface area (Å²) in [4.78, 5) is 8.19. The van der Waals surface area contributed by atoms with Crippen molar-refractivity contribution in [2.45, 2.75) is 0 Å². The van der Waals surface area contributed by atoms with Gasteiger partial charge in [-0.2, -0.15) is 0 Å². The van der Waals surface area contributed by atoms with Gasteiger partial charge in [-0.25, -0.2) is 0 Å². The molecule has 0 amide bonds. The Hall–Kier alpha value is 0.117. The van der Waals surface area contributed by atoms with Gasteiger partial charge in [0.2, 0.25) is 0 Å². The predicted octanol–water partition coefficient (Wildman–Crippen LogP) is -1.67. The molecule has 60 valence electrons. The molecule has 1 heterocycles. The summed E-state index contributed by atoms with van der Waals surface area (Å²) in [6, 6.07) is 3.03. The van der Waals surface area contributed by atoms with Gasteiger partial charge in [0.05, 0.1) is 6.26 Å². The SMILES string of the molecule is O.O=[Si](O)Oc1ccco1.[CaH2]. The van der Waals surface area contributed by atoms with Gasteiger partial charge in [0, 0.05) is 6.07 Å². The molecule has 0 atom stereocenters. The first-order valence-electron chi connectivity index (χ1n) is 2.23. The number of furan rings is 1. The van der Waals surface area contributed by atoms with Gasteiger partial charge in [0.25, 0.3) is 5.95 Å². The molecule has 1 rings (SSSR count). The van der Waals surface area contributed by atoms with Crippen molar-refractivity contribution in [3.05, 3.63) is 18.4 Å². The van der Waals surface area contributed by atoms with Gasteiger partial charge in [-0.15, -0.1) is 0 Å². The van der Waals surface area contributed by atoms with E-state index in [1.807, 2.05) is 0 Å². The van der Waals surface area contributed by atoms with E-state index in [4.69, 9.17) is 4.80 Å². The van der Waals surface area contributed by atoms with Crippen molar-refractivity contribution in [1.82, 2.24) is 0 Å². The first-order chi connectivity index (χ1) is 4.29. The van der Waals surface area contributed by atoms with E-state index in [0.717, 1.165) is 0 Å². The van der Waals surface area contributed by atoms with Gasteiger partial charge >= 0.3 is 46.9 Å². The van der Waals surface area contributed by atoms with Crippen LogP contribution in [-0.4, -0.2) is 57.2 Å². The zero-order chi connectivity index (χ0) is 6.69. The Labute approximate surface area is 94.2 Å². The van der Waals surface area contributed by atoms with E-state index in [2.05, 4.69) is 8.84 Å². The molecule has 0 aliphatic carbocycles. The summed E-state index contributed by atoms with van der Waals surface area (Å²) in [5.74, 6) is 0.0707. The first kappa shape index (κ1) is 13.7. The predicted molar refractivity (Wildman–Crippen MR) is 40.2 cm³/mol. The Balaban J connectivity index is 0. The van der Waals surface area contributed by atoms with Crippen LogP contribution in [0.2, 0.25) is 0 Å². The number of rotatable bonds is 2. The van der Waals surface area contributed by atoms with Gasteiger partial charge in [0.1, 0.15) is 0 Å². The van der Waals surface area contributed by atoms with Gasteiger partial charge < -0.3 is 19.1 Å². The third kappa shape index (κ3) is 5.39. The fourth-order valence-corrected chi connectivity index (χ4v) is 0.696. The second-order valence-corrected chi connectivity index (χ2v) is 2.04. The summed E-state index contributed by atoms with van der Waals surface area (Å²) in [6.45, 7) is 0. The number of hydrogen-bond donors (Lipinski definition) is 1. The molecule has 0 saturated heterocycles. The van der Waals surface area contributed by atoms with Crippen LogP contribution in [0.4, 0.5) is 0 Å². The molecular weight excluding hydrogens is 196 g/mol. The maximum absolute atomic E-state index is 9.97. The van der Waals surface area contributed by atoms with Crippen LogP contribution >= 0.6 is 0 Å². The molecule has 5 nitrogen and oxygen atoms in total. The van der Waals surface area contributed by atoms with E-state index >= 15 is 0 Å². The van der Waals surface area contributed by atoms with Gasteiger partial charge in [-0.1, -0.05) is 0 Å². The zero-order valence-corrected chi connectivity index (χ0v) is 5.90. The summed E-state index contributed by atoms with van der Waals surface area (Å²) >= 11 is 0. The van der Waals surface area contributed by atoms with Gasteiger partial charge in [-0.05, 0) is 6.07 Å². The third-order valence-corrected chi connectivity index (χ3v) is 1.06. The Bertz CT molecular complexity index is 198. The van der Waals surface area contributed by atoms with Crippen molar-refractivity contribution < 1.29 is 23.6 Å². The zero-order valence-electron chi connectivity index (χ0n) is 4.90. The fourth-order valence-electron chi connectivity index (χ4n) is 0.408. The minimum atomic E-state index is -2.90. The maximum atomic E-state index is 9.97. The quantitative estimate of drug-likeness (QED) is 0.583. The Kier molecular flexibility index (Phi) is 8.47. The summed E-state index contributed by atoms with van der Waals surface area (Å²) < 4.78 is 18.8. The monoisotopic (exact) mass is 204 g/mol. The van der Waals surface area contributed by atoms with Crippen molar-refractivity contribution in [3.63, 3.8) is 0 Å². The van der Waals surface area contributed by atoms with Crippen LogP contribution in [-0.2, 0) is 4.46 Å². The third-order valence-electron chi connectivity index (χ3n) is 0.683. The van der Waals surface area contributed by atoms with Crippen LogP contribution in [0, 0.1) is 0 Å². The Morgan fingerprint density at radius 2 is 2.27 bits per heavy atom. The van der Waals surface area contributed by atoms with Crippen LogP contribution in [0.3, 0.4) is 0 Å². The van der Waals surface area contributed by atoms with Crippen LogP contribution < -0.4 is 4.43 Å². The molecule has 0 bridgehead atoms. The van der Waals surface area contributed by atoms with Crippen molar-refractivity contribution in [2.75, 3.05) is 0 Å². The van der Waals surface area contributed by atoms with E-state index in [-0.39, 0.29) is 49.2 Å². The molecule has 0 fully saturated rings. The van der Waals surface area contributed by atoms with E-state index in [1.165, 1.54) is 12.3 Å². The molecule has 0 saturated carbocycles.